The lowest BCUT2D eigenvalue weighted by atomic mass is 9.89. The van der Waals surface area contributed by atoms with Crippen molar-refractivity contribution in [3.63, 3.8) is 0 Å². The molecule has 2 nitrogen and oxygen atoms in total. The van der Waals surface area contributed by atoms with Crippen molar-refractivity contribution in [2.45, 2.75) is 53.9 Å². The molecule has 1 aliphatic heterocycles. The van der Waals surface area contributed by atoms with Crippen molar-refractivity contribution in [3.05, 3.63) is 0 Å². The highest BCUT2D eigenvalue weighted by molar-refractivity contribution is 4.74. The number of likely N-dealkylation sites (tertiary alicyclic amines) is 1. The Balaban J connectivity index is 2.21. The summed E-state index contributed by atoms with van der Waals surface area (Å²) in [4.78, 5) is 2.70. The summed E-state index contributed by atoms with van der Waals surface area (Å²) < 4.78 is 0. The Labute approximate surface area is 121 Å². The molecule has 1 aliphatic rings. The van der Waals surface area contributed by atoms with Crippen LogP contribution >= 0.6 is 0 Å². The molecular weight excluding hydrogens is 232 g/mol. The smallest absolute Gasteiger partial charge is 0.00191 e. The van der Waals surface area contributed by atoms with Gasteiger partial charge in [0.15, 0.2) is 0 Å². The summed E-state index contributed by atoms with van der Waals surface area (Å²) in [5, 5.41) is 3.59. The Bertz CT molecular complexity index is 225. The maximum absolute atomic E-state index is 3.59. The van der Waals surface area contributed by atoms with Crippen LogP contribution in [-0.2, 0) is 0 Å². The zero-order chi connectivity index (χ0) is 14.3. The second kappa shape index (κ2) is 8.97. The van der Waals surface area contributed by atoms with Crippen LogP contribution in [-0.4, -0.2) is 37.6 Å². The molecule has 19 heavy (non-hydrogen) atoms. The van der Waals surface area contributed by atoms with E-state index in [1.165, 1.54) is 45.4 Å². The average molecular weight is 268 g/mol. The predicted molar refractivity (Wildman–Crippen MR) is 85.5 cm³/mol. The summed E-state index contributed by atoms with van der Waals surface area (Å²) in [6.45, 7) is 17.9. The third-order valence-corrected chi connectivity index (χ3v) is 4.42. The van der Waals surface area contributed by atoms with E-state index in [1.54, 1.807) is 0 Å². The molecule has 114 valence electrons. The second-order valence-electron chi connectivity index (χ2n) is 7.39. The molecule has 0 aromatic rings. The van der Waals surface area contributed by atoms with E-state index in [4.69, 9.17) is 0 Å². The Hall–Kier alpha value is -0.0800. The number of hydrogen-bond donors (Lipinski definition) is 1. The fraction of sp³-hybridized carbons (Fsp3) is 1.00. The first-order valence-corrected chi connectivity index (χ1v) is 8.42. The maximum Gasteiger partial charge on any atom is 0.00191 e. The highest BCUT2D eigenvalue weighted by Gasteiger charge is 2.20. The van der Waals surface area contributed by atoms with E-state index in [-0.39, 0.29) is 0 Å². The standard InChI is InChI=1S/C17H36N2/c1-14(2)11-18-12-16(5)13-19-9-6-7-17(8-10-19)15(3)4/h14-18H,6-13H2,1-5H3. The first kappa shape index (κ1) is 17.0. The zero-order valence-corrected chi connectivity index (χ0v) is 13.9. The molecule has 0 aliphatic carbocycles. The molecule has 2 atom stereocenters. The van der Waals surface area contributed by atoms with Gasteiger partial charge in [-0.1, -0.05) is 34.6 Å². The number of nitrogens with zero attached hydrogens (tertiary/aromatic N) is 1. The largest absolute Gasteiger partial charge is 0.316 e. The van der Waals surface area contributed by atoms with Crippen molar-refractivity contribution in [2.24, 2.45) is 23.7 Å². The third kappa shape index (κ3) is 7.31. The van der Waals surface area contributed by atoms with Crippen LogP contribution in [0.15, 0.2) is 0 Å². The van der Waals surface area contributed by atoms with Crippen LogP contribution in [0.2, 0.25) is 0 Å². The van der Waals surface area contributed by atoms with Gasteiger partial charge in [0.25, 0.3) is 0 Å². The molecule has 2 heteroatoms. The number of nitrogens with one attached hydrogen (secondary N) is 1. The van der Waals surface area contributed by atoms with Gasteiger partial charge in [0, 0.05) is 6.54 Å². The first-order valence-electron chi connectivity index (χ1n) is 8.42. The van der Waals surface area contributed by atoms with E-state index in [2.05, 4.69) is 44.8 Å². The van der Waals surface area contributed by atoms with Gasteiger partial charge in [-0.2, -0.15) is 0 Å². The lowest BCUT2D eigenvalue weighted by Crippen LogP contribution is -2.35. The minimum Gasteiger partial charge on any atom is -0.316 e. The molecule has 1 saturated heterocycles. The van der Waals surface area contributed by atoms with Gasteiger partial charge in [0.05, 0.1) is 0 Å². The summed E-state index contributed by atoms with van der Waals surface area (Å²) in [5.74, 6) is 3.36. The Morgan fingerprint density at radius 3 is 2.37 bits per heavy atom. The van der Waals surface area contributed by atoms with Gasteiger partial charge in [-0.25, -0.2) is 0 Å². The highest BCUT2D eigenvalue weighted by atomic mass is 15.1. The Morgan fingerprint density at radius 2 is 1.74 bits per heavy atom. The van der Waals surface area contributed by atoms with Crippen LogP contribution < -0.4 is 5.32 Å². The van der Waals surface area contributed by atoms with E-state index in [0.29, 0.717) is 0 Å². The van der Waals surface area contributed by atoms with Crippen LogP contribution in [0.4, 0.5) is 0 Å². The Kier molecular flexibility index (Phi) is 8.01. The van der Waals surface area contributed by atoms with Gasteiger partial charge in [-0.3, -0.25) is 0 Å². The molecule has 0 saturated carbocycles. The summed E-state index contributed by atoms with van der Waals surface area (Å²) in [5.41, 5.74) is 0. The SMILES string of the molecule is CC(C)CNCC(C)CN1CCCC(C(C)C)CC1. The monoisotopic (exact) mass is 268 g/mol. The number of rotatable bonds is 7. The van der Waals surface area contributed by atoms with Gasteiger partial charge in [0.2, 0.25) is 0 Å². The quantitative estimate of drug-likeness (QED) is 0.758. The molecule has 0 aromatic carbocycles. The molecule has 0 radical (unpaired) electrons. The topological polar surface area (TPSA) is 15.3 Å². The average Bonchev–Trinajstić information content (AvgIpc) is 2.54. The van der Waals surface area contributed by atoms with Crippen LogP contribution in [0.1, 0.15) is 53.9 Å². The number of hydrogen-bond acceptors (Lipinski definition) is 2. The van der Waals surface area contributed by atoms with Gasteiger partial charge in [-0.05, 0) is 69.1 Å². The van der Waals surface area contributed by atoms with Gasteiger partial charge >= 0.3 is 0 Å². The zero-order valence-electron chi connectivity index (χ0n) is 13.9. The highest BCUT2D eigenvalue weighted by Crippen LogP contribution is 2.24. The summed E-state index contributed by atoms with van der Waals surface area (Å²) in [6, 6.07) is 0. The Morgan fingerprint density at radius 1 is 1.00 bits per heavy atom. The molecule has 0 bridgehead atoms. The minimum atomic E-state index is 0.761. The van der Waals surface area contributed by atoms with E-state index >= 15 is 0 Å². The molecule has 0 spiro atoms. The lowest BCUT2D eigenvalue weighted by molar-refractivity contribution is 0.235. The van der Waals surface area contributed by atoms with Crippen molar-refractivity contribution in [2.75, 3.05) is 32.7 Å². The van der Waals surface area contributed by atoms with E-state index in [0.717, 1.165) is 30.2 Å². The molecule has 0 amide bonds. The molecule has 2 unspecified atom stereocenters. The summed E-state index contributed by atoms with van der Waals surface area (Å²) in [7, 11) is 0. The predicted octanol–water partition coefficient (Wildman–Crippen LogP) is 3.63. The van der Waals surface area contributed by atoms with Gasteiger partial charge in [0.1, 0.15) is 0 Å². The van der Waals surface area contributed by atoms with Crippen molar-refractivity contribution in [3.8, 4) is 0 Å². The molecule has 1 heterocycles. The fourth-order valence-electron chi connectivity index (χ4n) is 3.15. The van der Waals surface area contributed by atoms with E-state index < -0.39 is 0 Å². The molecular formula is C17H36N2. The van der Waals surface area contributed by atoms with Crippen LogP contribution in [0.5, 0.6) is 0 Å². The lowest BCUT2D eigenvalue weighted by Gasteiger charge is -2.25. The molecule has 1 N–H and O–H groups in total. The molecule has 1 fully saturated rings. The summed E-state index contributed by atoms with van der Waals surface area (Å²) in [6.07, 6.45) is 4.24. The first-order chi connectivity index (χ1) is 8.99. The van der Waals surface area contributed by atoms with E-state index in [1.807, 2.05) is 0 Å². The van der Waals surface area contributed by atoms with Crippen LogP contribution in [0.25, 0.3) is 0 Å². The van der Waals surface area contributed by atoms with E-state index in [9.17, 15) is 0 Å². The van der Waals surface area contributed by atoms with Crippen LogP contribution in [0.3, 0.4) is 0 Å². The van der Waals surface area contributed by atoms with Crippen molar-refractivity contribution < 1.29 is 0 Å². The van der Waals surface area contributed by atoms with Gasteiger partial charge < -0.3 is 10.2 Å². The van der Waals surface area contributed by atoms with Crippen LogP contribution in [0, 0.1) is 23.7 Å². The second-order valence-corrected chi connectivity index (χ2v) is 7.39. The van der Waals surface area contributed by atoms with Gasteiger partial charge in [-0.15, -0.1) is 0 Å². The maximum atomic E-state index is 3.59. The molecule has 0 aromatic heterocycles. The normalized spacial score (nSPS) is 23.8. The van der Waals surface area contributed by atoms with Crippen molar-refractivity contribution in [1.29, 1.82) is 0 Å². The summed E-state index contributed by atoms with van der Waals surface area (Å²) >= 11 is 0. The van der Waals surface area contributed by atoms with Crippen molar-refractivity contribution in [1.82, 2.24) is 10.2 Å². The molecule has 1 rings (SSSR count). The van der Waals surface area contributed by atoms with Crippen molar-refractivity contribution >= 4 is 0 Å². The third-order valence-electron chi connectivity index (χ3n) is 4.42. The minimum absolute atomic E-state index is 0.761. The fourth-order valence-corrected chi connectivity index (χ4v) is 3.15.